The van der Waals surface area contributed by atoms with Crippen LogP contribution in [-0.2, 0) is 21.2 Å². The smallest absolute Gasteiger partial charge is 0.263 e. The summed E-state index contributed by atoms with van der Waals surface area (Å²) in [5.74, 6) is -0.454. The normalized spacial score (nSPS) is 13.1. The van der Waals surface area contributed by atoms with Crippen molar-refractivity contribution in [1.29, 1.82) is 0 Å². The maximum atomic E-state index is 12.9. The van der Waals surface area contributed by atoms with E-state index in [-0.39, 0.29) is 33.8 Å². The third-order valence-electron chi connectivity index (χ3n) is 4.21. The molecule has 0 saturated carbocycles. The molecule has 2 N–H and O–H groups in total. The van der Waals surface area contributed by atoms with Crippen LogP contribution in [0.2, 0.25) is 5.02 Å². The van der Waals surface area contributed by atoms with Crippen molar-refractivity contribution in [3.05, 3.63) is 52.0 Å². The summed E-state index contributed by atoms with van der Waals surface area (Å²) in [6, 6.07) is 7.61. The van der Waals surface area contributed by atoms with Crippen molar-refractivity contribution in [1.82, 2.24) is 4.90 Å². The zero-order valence-corrected chi connectivity index (χ0v) is 16.5. The fourth-order valence-electron chi connectivity index (χ4n) is 2.75. The van der Waals surface area contributed by atoms with Crippen LogP contribution in [0.15, 0.2) is 35.2 Å². The highest BCUT2D eigenvalue weighted by Gasteiger charge is 2.25. The Balaban J connectivity index is 1.99. The molecule has 0 aromatic heterocycles. The Bertz CT molecular complexity index is 1060. The molecule has 0 atom stereocenters. The van der Waals surface area contributed by atoms with Crippen LogP contribution in [-0.4, -0.2) is 39.2 Å². The average molecular weight is 408 g/mol. The second-order valence-electron chi connectivity index (χ2n) is 6.50. The average Bonchev–Trinajstić information content (AvgIpc) is 2.94. The minimum Gasteiger partial charge on any atom is -0.345 e. The summed E-state index contributed by atoms with van der Waals surface area (Å²) in [4.78, 5) is 24.9. The van der Waals surface area contributed by atoms with E-state index in [1.807, 2.05) is 0 Å². The summed E-state index contributed by atoms with van der Waals surface area (Å²) in [7, 11) is -0.781. The van der Waals surface area contributed by atoms with Crippen LogP contribution in [0.3, 0.4) is 0 Å². The molecule has 0 saturated heterocycles. The molecule has 0 radical (unpaired) electrons. The fourth-order valence-corrected chi connectivity index (χ4v) is 4.46. The number of nitrogens with one attached hydrogen (secondary N) is 2. The number of benzene rings is 2. The van der Waals surface area contributed by atoms with Crippen LogP contribution in [0.25, 0.3) is 0 Å². The lowest BCUT2D eigenvalue weighted by atomic mass is 10.1. The van der Waals surface area contributed by atoms with E-state index in [2.05, 4.69) is 10.0 Å². The second kappa shape index (κ2) is 6.86. The zero-order valence-electron chi connectivity index (χ0n) is 15.0. The predicted molar refractivity (Wildman–Crippen MR) is 104 cm³/mol. The van der Waals surface area contributed by atoms with E-state index < -0.39 is 10.0 Å². The Hall–Kier alpha value is -2.58. The molecule has 1 aliphatic heterocycles. The monoisotopic (exact) mass is 407 g/mol. The lowest BCUT2D eigenvalue weighted by molar-refractivity contribution is -0.115. The molecule has 2 amide bonds. The van der Waals surface area contributed by atoms with Crippen LogP contribution in [0.1, 0.15) is 21.5 Å². The van der Waals surface area contributed by atoms with Crippen molar-refractivity contribution < 1.29 is 18.0 Å². The first-order chi connectivity index (χ1) is 12.6. The number of carbonyl (C=O) groups is 2. The first-order valence-corrected chi connectivity index (χ1v) is 9.92. The SMILES string of the molecule is Cc1ccc(C(=O)N(C)C)cc1NS(=O)(=O)c1cc2c(cc1Cl)NC(=O)C2. The minimum absolute atomic E-state index is 0.00151. The topological polar surface area (TPSA) is 95.6 Å². The molecule has 142 valence electrons. The van der Waals surface area contributed by atoms with Gasteiger partial charge in [0, 0.05) is 25.3 Å². The van der Waals surface area contributed by atoms with E-state index in [9.17, 15) is 18.0 Å². The van der Waals surface area contributed by atoms with Crippen molar-refractivity contribution in [2.24, 2.45) is 0 Å². The molecule has 2 aromatic carbocycles. The summed E-state index contributed by atoms with van der Waals surface area (Å²) >= 11 is 6.14. The number of hydrogen-bond donors (Lipinski definition) is 2. The number of anilines is 2. The number of aryl methyl sites for hydroxylation is 1. The fraction of sp³-hybridized carbons (Fsp3) is 0.222. The highest BCUT2D eigenvalue weighted by Crippen LogP contribution is 2.33. The van der Waals surface area contributed by atoms with Crippen LogP contribution in [0.4, 0.5) is 11.4 Å². The largest absolute Gasteiger partial charge is 0.345 e. The van der Waals surface area contributed by atoms with Gasteiger partial charge in [0.25, 0.3) is 15.9 Å². The molecule has 27 heavy (non-hydrogen) atoms. The van der Waals surface area contributed by atoms with E-state index in [4.69, 9.17) is 11.6 Å². The molecule has 9 heteroatoms. The van der Waals surface area contributed by atoms with Gasteiger partial charge in [0.2, 0.25) is 5.91 Å². The van der Waals surface area contributed by atoms with E-state index in [1.165, 1.54) is 23.1 Å². The van der Waals surface area contributed by atoms with Gasteiger partial charge in [0.05, 0.1) is 17.1 Å². The van der Waals surface area contributed by atoms with Gasteiger partial charge >= 0.3 is 0 Å². The molecule has 0 spiro atoms. The molecule has 3 rings (SSSR count). The third kappa shape index (κ3) is 3.77. The number of rotatable bonds is 4. The van der Waals surface area contributed by atoms with Crippen molar-refractivity contribution in [3.8, 4) is 0 Å². The van der Waals surface area contributed by atoms with E-state index in [0.29, 0.717) is 22.4 Å². The number of amides is 2. The molecular formula is C18H18ClN3O4S. The lowest BCUT2D eigenvalue weighted by Gasteiger charge is -2.15. The minimum atomic E-state index is -4.01. The van der Waals surface area contributed by atoms with Crippen LogP contribution >= 0.6 is 11.6 Å². The lowest BCUT2D eigenvalue weighted by Crippen LogP contribution is -2.22. The number of fused-ring (bicyclic) bond motifs is 1. The van der Waals surface area contributed by atoms with E-state index >= 15 is 0 Å². The van der Waals surface area contributed by atoms with Crippen LogP contribution in [0, 0.1) is 6.92 Å². The van der Waals surface area contributed by atoms with Gasteiger partial charge in [-0.15, -0.1) is 0 Å². The van der Waals surface area contributed by atoms with Gasteiger partial charge in [-0.25, -0.2) is 8.42 Å². The maximum absolute atomic E-state index is 12.9. The first-order valence-electron chi connectivity index (χ1n) is 8.06. The molecular weight excluding hydrogens is 390 g/mol. The quantitative estimate of drug-likeness (QED) is 0.814. The Kier molecular flexibility index (Phi) is 4.88. The van der Waals surface area contributed by atoms with E-state index in [1.54, 1.807) is 33.2 Å². The molecule has 1 heterocycles. The van der Waals surface area contributed by atoms with E-state index in [0.717, 1.165) is 0 Å². The summed E-state index contributed by atoms with van der Waals surface area (Å²) in [5.41, 5.74) is 2.38. The van der Waals surface area contributed by atoms with Crippen LogP contribution < -0.4 is 10.0 Å². The number of nitrogens with zero attached hydrogens (tertiary/aromatic N) is 1. The third-order valence-corrected chi connectivity index (χ3v) is 6.04. The van der Waals surface area contributed by atoms with Crippen LogP contribution in [0.5, 0.6) is 0 Å². The first kappa shape index (κ1) is 19.2. The molecule has 0 fully saturated rings. The van der Waals surface area contributed by atoms with Gasteiger partial charge in [0.15, 0.2) is 0 Å². The van der Waals surface area contributed by atoms with Gasteiger partial charge in [-0.3, -0.25) is 14.3 Å². The van der Waals surface area contributed by atoms with Crippen molar-refractivity contribution in [2.75, 3.05) is 24.1 Å². The van der Waals surface area contributed by atoms with Crippen molar-refractivity contribution in [2.45, 2.75) is 18.2 Å². The van der Waals surface area contributed by atoms with Crippen molar-refractivity contribution >= 4 is 44.8 Å². The predicted octanol–water partition coefficient (Wildman–Crippen LogP) is 2.65. The highest BCUT2D eigenvalue weighted by atomic mass is 35.5. The second-order valence-corrected chi connectivity index (χ2v) is 8.56. The molecule has 7 nitrogen and oxygen atoms in total. The number of halogens is 1. The Morgan fingerprint density at radius 2 is 1.93 bits per heavy atom. The Morgan fingerprint density at radius 3 is 2.59 bits per heavy atom. The summed E-state index contributed by atoms with van der Waals surface area (Å²) in [6.45, 7) is 1.73. The maximum Gasteiger partial charge on any atom is 0.263 e. The van der Waals surface area contributed by atoms with Gasteiger partial charge in [-0.05, 0) is 42.3 Å². The van der Waals surface area contributed by atoms with Gasteiger partial charge in [-0.1, -0.05) is 17.7 Å². The standard InChI is InChI=1S/C18H18ClN3O4S/c1-10-4-5-11(18(24)22(2)3)6-14(10)21-27(25,26)16-7-12-8-17(23)20-15(12)9-13(16)19/h4-7,9,21H,8H2,1-3H3,(H,20,23). The molecule has 0 aliphatic carbocycles. The number of sulfonamides is 1. The molecule has 0 unspecified atom stereocenters. The molecule has 1 aliphatic rings. The number of hydrogen-bond acceptors (Lipinski definition) is 4. The summed E-state index contributed by atoms with van der Waals surface area (Å²) in [5, 5.41) is 2.63. The Labute approximate surface area is 162 Å². The van der Waals surface area contributed by atoms with Crippen molar-refractivity contribution in [3.63, 3.8) is 0 Å². The highest BCUT2D eigenvalue weighted by molar-refractivity contribution is 7.92. The Morgan fingerprint density at radius 1 is 1.22 bits per heavy atom. The molecule has 2 aromatic rings. The summed E-state index contributed by atoms with van der Waals surface area (Å²) in [6.07, 6.45) is 0.0981. The van der Waals surface area contributed by atoms with Gasteiger partial charge in [0.1, 0.15) is 4.90 Å². The van der Waals surface area contributed by atoms with Gasteiger partial charge in [-0.2, -0.15) is 0 Å². The van der Waals surface area contributed by atoms with Gasteiger partial charge < -0.3 is 10.2 Å². The zero-order chi connectivity index (χ0) is 19.9. The molecule has 0 bridgehead atoms. The summed E-state index contributed by atoms with van der Waals surface area (Å²) < 4.78 is 28.2. The number of carbonyl (C=O) groups excluding carboxylic acids is 2.